The number of carbonyl (C=O) groups is 2. The van der Waals surface area contributed by atoms with E-state index >= 15 is 0 Å². The van der Waals surface area contributed by atoms with Crippen molar-refractivity contribution < 1.29 is 19.1 Å². The lowest BCUT2D eigenvalue weighted by Crippen LogP contribution is -2.47. The van der Waals surface area contributed by atoms with Gasteiger partial charge in [-0.05, 0) is 36.4 Å². The molecule has 2 saturated heterocycles. The van der Waals surface area contributed by atoms with Crippen LogP contribution in [0.4, 0.5) is 5.69 Å². The summed E-state index contributed by atoms with van der Waals surface area (Å²) in [6.45, 7) is 2.42. The van der Waals surface area contributed by atoms with E-state index in [9.17, 15) is 9.59 Å². The first-order valence-corrected chi connectivity index (χ1v) is 10.1. The molecule has 2 aliphatic rings. The molecule has 7 heteroatoms. The molecular weight excluding hydrogens is 424 g/mol. The van der Waals surface area contributed by atoms with Gasteiger partial charge >= 0.3 is 0 Å². The lowest BCUT2D eigenvalue weighted by molar-refractivity contribution is -0.181. The molecule has 2 amide bonds. The Morgan fingerprint density at radius 2 is 1.64 bits per heavy atom. The minimum absolute atomic E-state index is 0.0496. The zero-order chi connectivity index (χ0) is 19.6. The van der Waals surface area contributed by atoms with Crippen molar-refractivity contribution in [2.24, 2.45) is 0 Å². The molecule has 0 aromatic heterocycles. The first-order chi connectivity index (χ1) is 13.5. The number of hydrogen-bond acceptors (Lipinski definition) is 4. The van der Waals surface area contributed by atoms with Crippen molar-refractivity contribution in [1.82, 2.24) is 4.90 Å². The summed E-state index contributed by atoms with van der Waals surface area (Å²) in [6.07, 6.45) is 1.36. The molecule has 28 heavy (non-hydrogen) atoms. The van der Waals surface area contributed by atoms with Crippen LogP contribution in [-0.4, -0.2) is 48.8 Å². The number of hydrogen-bond donors (Lipinski definition) is 1. The molecule has 0 atom stereocenters. The molecule has 2 aliphatic heterocycles. The summed E-state index contributed by atoms with van der Waals surface area (Å²) in [5.41, 5.74) is 1.69. The van der Waals surface area contributed by atoms with Crippen LogP contribution in [-0.2, 0) is 9.47 Å². The minimum atomic E-state index is -0.503. The lowest BCUT2D eigenvalue weighted by atomic mass is 10.0. The van der Waals surface area contributed by atoms with Gasteiger partial charge in [-0.1, -0.05) is 28.1 Å². The smallest absolute Gasteiger partial charge is 0.255 e. The molecule has 146 valence electrons. The van der Waals surface area contributed by atoms with Crippen LogP contribution in [0.15, 0.2) is 53.0 Å². The Hall–Kier alpha value is -2.22. The molecular formula is C21H21BrN2O4. The van der Waals surface area contributed by atoms with Crippen molar-refractivity contribution in [2.75, 3.05) is 31.6 Å². The Bertz CT molecular complexity index is 885. The first kappa shape index (κ1) is 19.1. The number of halogens is 1. The van der Waals surface area contributed by atoms with Crippen molar-refractivity contribution in [2.45, 2.75) is 18.6 Å². The molecule has 1 N–H and O–H groups in total. The number of carbonyl (C=O) groups excluding carboxylic acids is 2. The van der Waals surface area contributed by atoms with Gasteiger partial charge in [-0.2, -0.15) is 0 Å². The zero-order valence-electron chi connectivity index (χ0n) is 15.3. The first-order valence-electron chi connectivity index (χ1n) is 9.29. The molecule has 4 rings (SSSR count). The van der Waals surface area contributed by atoms with E-state index in [1.165, 1.54) is 0 Å². The second-order valence-electron chi connectivity index (χ2n) is 6.95. The third-order valence-electron chi connectivity index (χ3n) is 5.08. The largest absolute Gasteiger partial charge is 0.347 e. The van der Waals surface area contributed by atoms with E-state index < -0.39 is 5.79 Å². The Morgan fingerprint density at radius 1 is 0.964 bits per heavy atom. The monoisotopic (exact) mass is 444 g/mol. The highest BCUT2D eigenvalue weighted by atomic mass is 79.9. The summed E-state index contributed by atoms with van der Waals surface area (Å²) in [7, 11) is 0. The number of anilines is 1. The molecule has 0 unspecified atom stereocenters. The van der Waals surface area contributed by atoms with Gasteiger partial charge in [0.05, 0.1) is 13.2 Å². The maximum absolute atomic E-state index is 12.9. The normalized spacial score (nSPS) is 18.2. The van der Waals surface area contributed by atoms with Gasteiger partial charge in [-0.3, -0.25) is 9.59 Å². The Balaban J connectivity index is 1.42. The van der Waals surface area contributed by atoms with Gasteiger partial charge < -0.3 is 19.7 Å². The molecule has 2 aromatic carbocycles. The summed E-state index contributed by atoms with van der Waals surface area (Å²) < 4.78 is 12.3. The summed E-state index contributed by atoms with van der Waals surface area (Å²) >= 11 is 3.36. The fraction of sp³-hybridized carbons (Fsp3) is 0.333. The summed E-state index contributed by atoms with van der Waals surface area (Å²) in [5.74, 6) is -0.774. The number of benzene rings is 2. The second kappa shape index (κ2) is 8.03. The van der Waals surface area contributed by atoms with Crippen molar-refractivity contribution in [3.8, 4) is 0 Å². The van der Waals surface area contributed by atoms with Crippen LogP contribution in [0.5, 0.6) is 0 Å². The van der Waals surface area contributed by atoms with Crippen molar-refractivity contribution in [1.29, 1.82) is 0 Å². The van der Waals surface area contributed by atoms with E-state index in [2.05, 4.69) is 21.2 Å². The number of nitrogens with one attached hydrogen (secondary N) is 1. The van der Waals surface area contributed by atoms with Gasteiger partial charge in [0.2, 0.25) is 0 Å². The average Bonchev–Trinajstić information content (AvgIpc) is 3.16. The maximum atomic E-state index is 12.9. The Kier molecular flexibility index (Phi) is 5.48. The van der Waals surface area contributed by atoms with Crippen molar-refractivity contribution in [3.05, 3.63) is 64.1 Å². The molecule has 2 fully saturated rings. The summed E-state index contributed by atoms with van der Waals surface area (Å²) in [4.78, 5) is 27.1. The summed E-state index contributed by atoms with van der Waals surface area (Å²) in [6, 6.07) is 14.2. The van der Waals surface area contributed by atoms with Crippen LogP contribution < -0.4 is 5.32 Å². The summed E-state index contributed by atoms with van der Waals surface area (Å²) in [5, 5.41) is 2.85. The third kappa shape index (κ3) is 4.11. The highest BCUT2D eigenvalue weighted by Gasteiger charge is 2.40. The number of rotatable bonds is 3. The van der Waals surface area contributed by atoms with E-state index in [0.717, 1.165) is 4.47 Å². The SMILES string of the molecule is O=C(Nc1cccc(C(=O)N2CCC3(CC2)OCCO3)c1)c1cccc(Br)c1. The maximum Gasteiger partial charge on any atom is 0.255 e. The van der Waals surface area contributed by atoms with Gasteiger partial charge in [0.1, 0.15) is 0 Å². The quantitative estimate of drug-likeness (QED) is 0.783. The number of amides is 2. The fourth-order valence-electron chi connectivity index (χ4n) is 3.58. The van der Waals surface area contributed by atoms with Crippen LogP contribution in [0.1, 0.15) is 33.6 Å². The predicted molar refractivity (Wildman–Crippen MR) is 108 cm³/mol. The molecule has 0 bridgehead atoms. The molecule has 2 aromatic rings. The van der Waals surface area contributed by atoms with Crippen LogP contribution >= 0.6 is 15.9 Å². The van der Waals surface area contributed by atoms with Crippen LogP contribution in [0, 0.1) is 0 Å². The van der Waals surface area contributed by atoms with Crippen LogP contribution in [0.2, 0.25) is 0 Å². The number of piperidine rings is 1. The standard InChI is InChI=1S/C21H21BrN2O4/c22-17-5-1-3-15(13-17)19(25)23-18-6-2-4-16(14-18)20(26)24-9-7-21(8-10-24)27-11-12-28-21/h1-6,13-14H,7-12H2,(H,23,25). The highest BCUT2D eigenvalue weighted by Crippen LogP contribution is 2.31. The number of likely N-dealkylation sites (tertiary alicyclic amines) is 1. The van der Waals surface area contributed by atoms with Gasteiger partial charge in [0.15, 0.2) is 5.79 Å². The lowest BCUT2D eigenvalue weighted by Gasteiger charge is -2.37. The minimum Gasteiger partial charge on any atom is -0.347 e. The molecule has 2 heterocycles. The van der Waals surface area contributed by atoms with Crippen molar-refractivity contribution in [3.63, 3.8) is 0 Å². The van der Waals surface area contributed by atoms with E-state index in [4.69, 9.17) is 9.47 Å². The molecule has 0 aliphatic carbocycles. The van der Waals surface area contributed by atoms with E-state index in [-0.39, 0.29) is 11.8 Å². The Morgan fingerprint density at radius 3 is 2.36 bits per heavy atom. The van der Waals surface area contributed by atoms with Crippen molar-refractivity contribution >= 4 is 33.4 Å². The van der Waals surface area contributed by atoms with Gasteiger partial charge in [0, 0.05) is 47.2 Å². The topological polar surface area (TPSA) is 67.9 Å². The molecule has 0 saturated carbocycles. The van der Waals surface area contributed by atoms with Gasteiger partial charge in [-0.15, -0.1) is 0 Å². The number of ether oxygens (including phenoxy) is 2. The predicted octanol–water partition coefficient (Wildman–Crippen LogP) is 3.68. The van der Waals surface area contributed by atoms with E-state index in [1.807, 2.05) is 11.0 Å². The Labute approximate surface area is 171 Å². The van der Waals surface area contributed by atoms with Gasteiger partial charge in [0.25, 0.3) is 11.8 Å². The highest BCUT2D eigenvalue weighted by molar-refractivity contribution is 9.10. The van der Waals surface area contributed by atoms with E-state index in [0.29, 0.717) is 56.0 Å². The van der Waals surface area contributed by atoms with E-state index in [1.54, 1.807) is 42.5 Å². The molecule has 0 radical (unpaired) electrons. The fourth-order valence-corrected chi connectivity index (χ4v) is 3.98. The molecule has 6 nitrogen and oxygen atoms in total. The average molecular weight is 445 g/mol. The van der Waals surface area contributed by atoms with Crippen LogP contribution in [0.3, 0.4) is 0 Å². The number of nitrogens with zero attached hydrogens (tertiary/aromatic N) is 1. The second-order valence-corrected chi connectivity index (χ2v) is 7.86. The third-order valence-corrected chi connectivity index (χ3v) is 5.57. The van der Waals surface area contributed by atoms with Gasteiger partial charge in [-0.25, -0.2) is 0 Å². The molecule has 1 spiro atoms. The zero-order valence-corrected chi connectivity index (χ0v) is 16.9. The van der Waals surface area contributed by atoms with Crippen LogP contribution in [0.25, 0.3) is 0 Å².